The summed E-state index contributed by atoms with van der Waals surface area (Å²) in [6.45, 7) is 1.67. The summed E-state index contributed by atoms with van der Waals surface area (Å²) in [6, 6.07) is 12.0. The number of nitrogens with one attached hydrogen (secondary N) is 3. The molecule has 0 bridgehead atoms. The predicted octanol–water partition coefficient (Wildman–Crippen LogP) is 5.29. The number of amides is 2. The first-order chi connectivity index (χ1) is 14.5. The zero-order chi connectivity index (χ0) is 21.1. The minimum atomic E-state index is -0.546. The number of hydrogen-bond donors (Lipinski definition) is 3. The van der Waals surface area contributed by atoms with Gasteiger partial charge in [0.25, 0.3) is 0 Å². The van der Waals surface area contributed by atoms with Crippen LogP contribution in [0.2, 0.25) is 10.0 Å². The lowest BCUT2D eigenvalue weighted by molar-refractivity contribution is 0.253. The van der Waals surface area contributed by atoms with Crippen molar-refractivity contribution in [2.75, 3.05) is 10.7 Å². The zero-order valence-corrected chi connectivity index (χ0v) is 17.2. The first-order valence-corrected chi connectivity index (χ1v) is 9.62. The molecule has 0 aliphatic carbocycles. The highest BCUT2D eigenvalue weighted by atomic mass is 35.5. The van der Waals surface area contributed by atoms with Crippen LogP contribution in [0.1, 0.15) is 5.76 Å². The quantitative estimate of drug-likeness (QED) is 0.364. The number of carbonyl (C=O) groups is 1. The molecule has 4 aromatic rings. The van der Waals surface area contributed by atoms with E-state index in [1.807, 2.05) is 35.2 Å². The monoisotopic (exact) mass is 442 g/mol. The Morgan fingerprint density at radius 3 is 2.53 bits per heavy atom. The Kier molecular flexibility index (Phi) is 5.60. The molecular weight excluding hydrogens is 427 g/mol. The number of hydrazine groups is 1. The molecule has 10 heteroatoms. The molecule has 4 rings (SSSR count). The summed E-state index contributed by atoms with van der Waals surface area (Å²) < 4.78 is 7.12. The Labute approximate surface area is 181 Å². The van der Waals surface area contributed by atoms with Crippen LogP contribution in [0, 0.1) is 6.92 Å². The zero-order valence-electron chi connectivity index (χ0n) is 15.7. The van der Waals surface area contributed by atoms with Gasteiger partial charge in [-0.3, -0.25) is 5.43 Å². The molecule has 0 saturated heterocycles. The Morgan fingerprint density at radius 2 is 1.80 bits per heavy atom. The molecule has 0 radical (unpaired) electrons. The normalized spacial score (nSPS) is 10.6. The lowest BCUT2D eigenvalue weighted by Gasteiger charge is -2.13. The number of halogens is 2. The van der Waals surface area contributed by atoms with Crippen molar-refractivity contribution < 1.29 is 9.32 Å². The fourth-order valence-corrected chi connectivity index (χ4v) is 3.45. The van der Waals surface area contributed by atoms with Crippen LogP contribution in [-0.2, 0) is 0 Å². The molecule has 152 valence electrons. The molecule has 0 saturated carbocycles. The van der Waals surface area contributed by atoms with Crippen LogP contribution in [0.3, 0.4) is 0 Å². The second kappa shape index (κ2) is 8.48. The van der Waals surface area contributed by atoms with E-state index in [4.69, 9.17) is 27.7 Å². The third-order valence-electron chi connectivity index (χ3n) is 4.26. The largest absolute Gasteiger partial charge is 0.359 e. The summed E-state index contributed by atoms with van der Waals surface area (Å²) in [5, 5.41) is 7.50. The average molecular weight is 443 g/mol. The van der Waals surface area contributed by atoms with E-state index in [0.717, 1.165) is 5.69 Å². The number of nitrogens with zero attached hydrogens (tertiary/aromatic N) is 3. The third-order valence-corrected chi connectivity index (χ3v) is 4.89. The first kappa shape index (κ1) is 19.8. The Balaban J connectivity index is 1.52. The standard InChI is InChI=1S/C20H16Cl2N6O2/c1-12-17(18(27-30-12)16-13(21)6-4-7-14(16)22)24-20(29)26-25-19-15(8-5-9-23-19)28-10-2-3-11-28/h2-11H,1H3,(H,23,25)(H2,24,26,29). The van der Waals surface area contributed by atoms with E-state index >= 15 is 0 Å². The lowest BCUT2D eigenvalue weighted by Crippen LogP contribution is -2.34. The fourth-order valence-electron chi connectivity index (χ4n) is 2.87. The Morgan fingerprint density at radius 1 is 1.07 bits per heavy atom. The smallest absolute Gasteiger partial charge is 0.338 e. The van der Waals surface area contributed by atoms with Gasteiger partial charge in [0.05, 0.1) is 15.7 Å². The number of carbonyl (C=O) groups excluding carboxylic acids is 1. The molecule has 3 aromatic heterocycles. The SMILES string of the molecule is Cc1onc(-c2c(Cl)cccc2Cl)c1NC(=O)NNc1ncccc1-n1cccc1. The topological polar surface area (TPSA) is 97.0 Å². The molecule has 2 amide bonds. The van der Waals surface area contributed by atoms with E-state index in [1.54, 1.807) is 37.4 Å². The van der Waals surface area contributed by atoms with Gasteiger partial charge >= 0.3 is 6.03 Å². The van der Waals surface area contributed by atoms with Crippen LogP contribution in [0.15, 0.2) is 65.6 Å². The summed E-state index contributed by atoms with van der Waals surface area (Å²) in [7, 11) is 0. The molecule has 0 fully saturated rings. The van der Waals surface area contributed by atoms with E-state index in [9.17, 15) is 4.79 Å². The van der Waals surface area contributed by atoms with Gasteiger partial charge in [-0.2, -0.15) is 0 Å². The van der Waals surface area contributed by atoms with Crippen molar-refractivity contribution in [3.8, 4) is 16.9 Å². The van der Waals surface area contributed by atoms with Gasteiger partial charge in [-0.25, -0.2) is 15.2 Å². The molecule has 0 unspecified atom stereocenters. The van der Waals surface area contributed by atoms with Gasteiger partial charge in [-0.05, 0) is 43.3 Å². The maximum absolute atomic E-state index is 12.5. The van der Waals surface area contributed by atoms with Crippen molar-refractivity contribution >= 4 is 40.7 Å². The average Bonchev–Trinajstić information content (AvgIpc) is 3.38. The molecule has 0 aliphatic heterocycles. The van der Waals surface area contributed by atoms with Crippen LogP contribution in [0.4, 0.5) is 16.3 Å². The second-order valence-electron chi connectivity index (χ2n) is 6.22. The van der Waals surface area contributed by atoms with Crippen LogP contribution >= 0.6 is 23.2 Å². The van der Waals surface area contributed by atoms with Crippen molar-refractivity contribution in [3.63, 3.8) is 0 Å². The van der Waals surface area contributed by atoms with Crippen LogP contribution in [0.5, 0.6) is 0 Å². The van der Waals surface area contributed by atoms with Gasteiger partial charge < -0.3 is 14.4 Å². The van der Waals surface area contributed by atoms with E-state index in [-0.39, 0.29) is 0 Å². The second-order valence-corrected chi connectivity index (χ2v) is 7.04. The summed E-state index contributed by atoms with van der Waals surface area (Å²) in [5.41, 5.74) is 7.32. The van der Waals surface area contributed by atoms with Crippen molar-refractivity contribution in [2.24, 2.45) is 0 Å². The van der Waals surface area contributed by atoms with Crippen LogP contribution in [-0.4, -0.2) is 20.7 Å². The summed E-state index contributed by atoms with van der Waals surface area (Å²) >= 11 is 12.5. The van der Waals surface area contributed by atoms with Crippen LogP contribution in [0.25, 0.3) is 16.9 Å². The Hall–Kier alpha value is -3.49. The van der Waals surface area contributed by atoms with Crippen molar-refractivity contribution in [1.29, 1.82) is 0 Å². The summed E-state index contributed by atoms with van der Waals surface area (Å²) in [5.74, 6) is 0.877. The highest BCUT2D eigenvalue weighted by molar-refractivity contribution is 6.39. The van der Waals surface area contributed by atoms with Gasteiger partial charge in [-0.15, -0.1) is 0 Å². The molecule has 0 spiro atoms. The van der Waals surface area contributed by atoms with Gasteiger partial charge in [0.15, 0.2) is 11.6 Å². The number of aryl methyl sites for hydroxylation is 1. The van der Waals surface area contributed by atoms with Gasteiger partial charge in [0.2, 0.25) is 0 Å². The number of anilines is 2. The van der Waals surface area contributed by atoms with Crippen molar-refractivity contribution in [1.82, 2.24) is 20.1 Å². The minimum Gasteiger partial charge on any atom is -0.359 e. The minimum absolute atomic E-state index is 0.337. The highest BCUT2D eigenvalue weighted by Gasteiger charge is 2.21. The molecule has 0 aliphatic rings. The maximum atomic E-state index is 12.5. The highest BCUT2D eigenvalue weighted by Crippen LogP contribution is 2.39. The molecule has 0 atom stereocenters. The van der Waals surface area contributed by atoms with E-state index in [2.05, 4.69) is 26.3 Å². The van der Waals surface area contributed by atoms with Crippen LogP contribution < -0.4 is 16.2 Å². The van der Waals surface area contributed by atoms with E-state index in [0.29, 0.717) is 38.6 Å². The number of benzene rings is 1. The van der Waals surface area contributed by atoms with Crippen molar-refractivity contribution in [2.45, 2.75) is 6.92 Å². The molecular formula is C20H16Cl2N6O2. The third kappa shape index (κ3) is 3.96. The number of hydrogen-bond acceptors (Lipinski definition) is 5. The maximum Gasteiger partial charge on any atom is 0.338 e. The summed E-state index contributed by atoms with van der Waals surface area (Å²) in [6.07, 6.45) is 5.38. The lowest BCUT2D eigenvalue weighted by atomic mass is 10.1. The molecule has 3 N–H and O–H groups in total. The van der Waals surface area contributed by atoms with Gasteiger partial charge in [-0.1, -0.05) is 34.4 Å². The predicted molar refractivity (Wildman–Crippen MR) is 116 cm³/mol. The van der Waals surface area contributed by atoms with E-state index in [1.165, 1.54) is 0 Å². The number of aromatic nitrogens is 3. The number of urea groups is 1. The molecule has 30 heavy (non-hydrogen) atoms. The number of rotatable bonds is 5. The van der Waals surface area contributed by atoms with Gasteiger partial charge in [0, 0.05) is 24.2 Å². The van der Waals surface area contributed by atoms with E-state index < -0.39 is 6.03 Å². The number of pyridine rings is 1. The molecule has 8 nitrogen and oxygen atoms in total. The molecule has 1 aromatic carbocycles. The van der Waals surface area contributed by atoms with Gasteiger partial charge in [0.1, 0.15) is 11.4 Å². The Bertz CT molecular complexity index is 1170. The summed E-state index contributed by atoms with van der Waals surface area (Å²) in [4.78, 5) is 16.8. The molecule has 3 heterocycles. The van der Waals surface area contributed by atoms with Crippen molar-refractivity contribution in [3.05, 3.63) is 76.9 Å². The first-order valence-electron chi connectivity index (χ1n) is 8.86. The fraction of sp³-hybridized carbons (Fsp3) is 0.0500.